The van der Waals surface area contributed by atoms with E-state index in [2.05, 4.69) is 73.8 Å². The summed E-state index contributed by atoms with van der Waals surface area (Å²) in [5.41, 5.74) is 4.31. The van der Waals surface area contributed by atoms with Crippen molar-refractivity contribution in [3.8, 4) is 0 Å². The van der Waals surface area contributed by atoms with Gasteiger partial charge in [0.05, 0.1) is 0 Å². The van der Waals surface area contributed by atoms with Crippen molar-refractivity contribution < 1.29 is 0 Å². The minimum Gasteiger partial charge on any atom is -0.307 e. The van der Waals surface area contributed by atoms with E-state index in [0.717, 1.165) is 0 Å². The van der Waals surface area contributed by atoms with Crippen LogP contribution in [0.1, 0.15) is 42.5 Å². The van der Waals surface area contributed by atoms with E-state index in [1.807, 2.05) is 0 Å². The normalized spacial score (nSPS) is 26.7. The Morgan fingerprint density at radius 3 is 2.11 bits per heavy atom. The molecule has 3 rings (SSSR count). The van der Waals surface area contributed by atoms with Crippen LogP contribution in [0.15, 0.2) is 54.6 Å². The Morgan fingerprint density at radius 1 is 0.778 bits per heavy atom. The highest BCUT2D eigenvalue weighted by molar-refractivity contribution is 5.43. The Balaban J connectivity index is 2.12. The van der Waals surface area contributed by atoms with Gasteiger partial charge in [0.1, 0.15) is 0 Å². The second-order valence-corrected chi connectivity index (χ2v) is 5.19. The molecule has 0 saturated heterocycles. The van der Waals surface area contributed by atoms with Gasteiger partial charge in [0.25, 0.3) is 0 Å². The first kappa shape index (κ1) is 11.5. The van der Waals surface area contributed by atoms with Gasteiger partial charge in [0.2, 0.25) is 0 Å². The van der Waals surface area contributed by atoms with Crippen LogP contribution in [0, 0.1) is 0 Å². The molecule has 92 valence electrons. The molecule has 1 aliphatic rings. The van der Waals surface area contributed by atoms with E-state index >= 15 is 0 Å². The molecule has 1 heterocycles. The predicted molar refractivity (Wildman–Crippen MR) is 75.7 cm³/mol. The van der Waals surface area contributed by atoms with E-state index in [0.29, 0.717) is 18.0 Å². The van der Waals surface area contributed by atoms with Gasteiger partial charge in [-0.2, -0.15) is 0 Å². The number of fused-ring (bicyclic) bond motifs is 1. The molecule has 0 fully saturated rings. The number of rotatable bonds is 1. The van der Waals surface area contributed by atoms with Crippen LogP contribution >= 0.6 is 0 Å². The fourth-order valence-electron chi connectivity index (χ4n) is 3.17. The van der Waals surface area contributed by atoms with Crippen molar-refractivity contribution in [1.29, 1.82) is 0 Å². The molecule has 0 saturated carbocycles. The summed E-state index contributed by atoms with van der Waals surface area (Å²) in [6.45, 7) is 4.53. The maximum absolute atomic E-state index is 3.68. The van der Waals surface area contributed by atoms with Crippen molar-refractivity contribution in [3.05, 3.63) is 71.3 Å². The summed E-state index contributed by atoms with van der Waals surface area (Å²) in [4.78, 5) is 0. The summed E-state index contributed by atoms with van der Waals surface area (Å²) >= 11 is 0. The van der Waals surface area contributed by atoms with Crippen LogP contribution in [-0.2, 0) is 0 Å². The molecule has 2 aromatic rings. The molecule has 1 N–H and O–H groups in total. The van der Waals surface area contributed by atoms with Crippen LogP contribution in [0.3, 0.4) is 0 Å². The van der Waals surface area contributed by atoms with E-state index in [-0.39, 0.29) is 0 Å². The Bertz CT molecular complexity index is 532. The van der Waals surface area contributed by atoms with E-state index in [4.69, 9.17) is 0 Å². The summed E-state index contributed by atoms with van der Waals surface area (Å²) in [5.74, 6) is 0.457. The van der Waals surface area contributed by atoms with Gasteiger partial charge in [-0.25, -0.2) is 0 Å². The van der Waals surface area contributed by atoms with E-state index < -0.39 is 0 Å². The second-order valence-electron chi connectivity index (χ2n) is 5.19. The highest BCUT2D eigenvalue weighted by atomic mass is 15.0. The zero-order valence-corrected chi connectivity index (χ0v) is 10.9. The second kappa shape index (κ2) is 4.58. The number of nitrogens with one attached hydrogen (secondary N) is 1. The Hall–Kier alpha value is -1.60. The van der Waals surface area contributed by atoms with Crippen molar-refractivity contribution in [2.75, 3.05) is 0 Å². The summed E-state index contributed by atoms with van der Waals surface area (Å²) in [7, 11) is 0. The molecule has 1 nitrogen and oxygen atoms in total. The molecule has 0 aliphatic carbocycles. The van der Waals surface area contributed by atoms with Crippen molar-refractivity contribution in [1.82, 2.24) is 5.32 Å². The van der Waals surface area contributed by atoms with Crippen LogP contribution in [0.4, 0.5) is 0 Å². The molecule has 3 atom stereocenters. The monoisotopic (exact) mass is 237 g/mol. The Morgan fingerprint density at radius 2 is 1.39 bits per heavy atom. The van der Waals surface area contributed by atoms with Gasteiger partial charge >= 0.3 is 0 Å². The molecule has 0 spiro atoms. The molecule has 18 heavy (non-hydrogen) atoms. The lowest BCUT2D eigenvalue weighted by molar-refractivity contribution is 0.411. The Kier molecular flexibility index (Phi) is 2.92. The quantitative estimate of drug-likeness (QED) is 0.794. The van der Waals surface area contributed by atoms with Gasteiger partial charge in [0, 0.05) is 18.0 Å². The van der Waals surface area contributed by atoms with E-state index in [1.165, 1.54) is 16.7 Å². The summed E-state index contributed by atoms with van der Waals surface area (Å²) in [6, 6.07) is 20.5. The molecule has 2 aromatic carbocycles. The Labute approximate surface area is 109 Å². The summed E-state index contributed by atoms with van der Waals surface area (Å²) < 4.78 is 0. The third kappa shape index (κ3) is 1.85. The average molecular weight is 237 g/mol. The van der Waals surface area contributed by atoms with Crippen molar-refractivity contribution in [3.63, 3.8) is 0 Å². The minimum atomic E-state index is 0.441. The zero-order chi connectivity index (χ0) is 12.5. The van der Waals surface area contributed by atoms with Gasteiger partial charge in [-0.3, -0.25) is 0 Å². The fourth-order valence-corrected chi connectivity index (χ4v) is 3.17. The van der Waals surface area contributed by atoms with Gasteiger partial charge in [-0.1, -0.05) is 54.6 Å². The molecular formula is C17H19N. The first-order chi connectivity index (χ1) is 8.77. The largest absolute Gasteiger partial charge is 0.307 e. The van der Waals surface area contributed by atoms with Crippen LogP contribution in [0.25, 0.3) is 0 Å². The molecule has 0 radical (unpaired) electrons. The van der Waals surface area contributed by atoms with Gasteiger partial charge in [-0.15, -0.1) is 0 Å². The molecule has 0 amide bonds. The lowest BCUT2D eigenvalue weighted by Crippen LogP contribution is -2.39. The third-order valence-corrected chi connectivity index (χ3v) is 3.97. The van der Waals surface area contributed by atoms with Crippen molar-refractivity contribution in [2.24, 2.45) is 0 Å². The maximum Gasteiger partial charge on any atom is 0.0297 e. The first-order valence-electron chi connectivity index (χ1n) is 6.67. The fraction of sp³-hybridized carbons (Fsp3) is 0.294. The smallest absolute Gasteiger partial charge is 0.0297 e. The van der Waals surface area contributed by atoms with Crippen LogP contribution in [0.2, 0.25) is 0 Å². The summed E-state index contributed by atoms with van der Waals surface area (Å²) in [5, 5.41) is 3.68. The van der Waals surface area contributed by atoms with Crippen molar-refractivity contribution >= 4 is 0 Å². The van der Waals surface area contributed by atoms with Crippen LogP contribution < -0.4 is 5.32 Å². The third-order valence-electron chi connectivity index (χ3n) is 3.97. The van der Waals surface area contributed by atoms with Gasteiger partial charge in [0.15, 0.2) is 0 Å². The van der Waals surface area contributed by atoms with Gasteiger partial charge < -0.3 is 5.32 Å². The number of benzene rings is 2. The van der Waals surface area contributed by atoms with Crippen molar-refractivity contribution in [2.45, 2.75) is 31.8 Å². The minimum absolute atomic E-state index is 0.441. The summed E-state index contributed by atoms with van der Waals surface area (Å²) in [6.07, 6.45) is 0. The molecule has 3 unspecified atom stereocenters. The lowest BCUT2D eigenvalue weighted by atomic mass is 9.78. The topological polar surface area (TPSA) is 12.0 Å². The molecular weight excluding hydrogens is 218 g/mol. The molecule has 0 bridgehead atoms. The highest BCUT2D eigenvalue weighted by Gasteiger charge is 2.30. The predicted octanol–water partition coefficient (Wildman–Crippen LogP) is 3.87. The maximum atomic E-state index is 3.68. The molecule has 1 heteroatoms. The molecule has 0 aromatic heterocycles. The standard InChI is InChI=1S/C17H19N/c1-12-15-10-6-7-11-16(15)17(13(2)18-12)14-8-4-3-5-9-14/h3-13,17-18H,1-2H3. The van der Waals surface area contributed by atoms with Gasteiger partial charge in [-0.05, 0) is 30.5 Å². The number of hydrogen-bond acceptors (Lipinski definition) is 1. The molecule has 1 aliphatic heterocycles. The lowest BCUT2D eigenvalue weighted by Gasteiger charge is -2.36. The average Bonchev–Trinajstić information content (AvgIpc) is 2.40. The van der Waals surface area contributed by atoms with E-state index in [1.54, 1.807) is 0 Å². The zero-order valence-electron chi connectivity index (χ0n) is 10.9. The first-order valence-corrected chi connectivity index (χ1v) is 6.67. The van der Waals surface area contributed by atoms with Crippen LogP contribution in [-0.4, -0.2) is 6.04 Å². The highest BCUT2D eigenvalue weighted by Crippen LogP contribution is 2.37. The number of hydrogen-bond donors (Lipinski definition) is 1. The SMILES string of the molecule is CC1NC(C)C(c2ccccc2)c2ccccc21. The van der Waals surface area contributed by atoms with Crippen LogP contribution in [0.5, 0.6) is 0 Å². The van der Waals surface area contributed by atoms with E-state index in [9.17, 15) is 0 Å².